The molecule has 8 heteroatoms. The van der Waals surface area contributed by atoms with Crippen molar-refractivity contribution in [3.05, 3.63) is 64.4 Å². The Morgan fingerprint density at radius 3 is 2.28 bits per heavy atom. The predicted octanol–water partition coefficient (Wildman–Crippen LogP) is 5.67. The molecule has 46 heavy (non-hydrogen) atoms. The lowest BCUT2D eigenvalue weighted by Crippen LogP contribution is -2.63. The lowest BCUT2D eigenvalue weighted by molar-refractivity contribution is -0.150. The van der Waals surface area contributed by atoms with E-state index in [1.54, 1.807) is 0 Å². The molecule has 2 fully saturated rings. The average molecular weight is 635 g/mol. The molecule has 0 saturated heterocycles. The van der Waals surface area contributed by atoms with Gasteiger partial charge in [-0.05, 0) is 60.5 Å². The number of carboxylic acid groups (broad SMARTS) is 1. The zero-order valence-electron chi connectivity index (χ0n) is 28.1. The molecule has 10 unspecified atom stereocenters. The Balaban J connectivity index is 1.63. The summed E-state index contributed by atoms with van der Waals surface area (Å²) >= 11 is 0. The molecule has 8 nitrogen and oxygen atoms in total. The third-order valence-corrected chi connectivity index (χ3v) is 13.1. The summed E-state index contributed by atoms with van der Waals surface area (Å²) in [5, 5.41) is 55.0. The second kappa shape index (κ2) is 11.6. The van der Waals surface area contributed by atoms with Crippen LogP contribution in [0.5, 0.6) is 0 Å². The number of Topliss-reactive ketones (excluding diaryl/α,β-unsaturated/α-hetero) is 2. The highest BCUT2D eigenvalue weighted by Crippen LogP contribution is 2.72. The molecule has 0 bridgehead atoms. The van der Waals surface area contributed by atoms with Gasteiger partial charge >= 0.3 is 5.97 Å². The molecule has 5 rings (SSSR count). The van der Waals surface area contributed by atoms with Gasteiger partial charge in [0.05, 0.1) is 17.8 Å². The first-order valence-electron chi connectivity index (χ1n) is 16.6. The van der Waals surface area contributed by atoms with Gasteiger partial charge in [-0.15, -0.1) is 0 Å². The number of hydrogen-bond acceptors (Lipinski definition) is 7. The number of aliphatic carboxylic acids is 1. The van der Waals surface area contributed by atoms with Crippen LogP contribution in [0, 0.1) is 45.3 Å². The zero-order valence-corrected chi connectivity index (χ0v) is 28.1. The van der Waals surface area contributed by atoms with E-state index >= 15 is 0 Å². The Labute approximate surface area is 271 Å². The monoisotopic (exact) mass is 634 g/mol. The van der Waals surface area contributed by atoms with Crippen molar-refractivity contribution in [1.29, 1.82) is 0 Å². The summed E-state index contributed by atoms with van der Waals surface area (Å²) < 4.78 is 0. The topological polar surface area (TPSA) is 152 Å². The van der Waals surface area contributed by atoms with Crippen LogP contribution in [0.15, 0.2) is 58.9 Å². The minimum atomic E-state index is -1.41. The molecule has 1 aromatic carbocycles. The predicted molar refractivity (Wildman–Crippen MR) is 174 cm³/mol. The Hall–Kier alpha value is -3.07. The van der Waals surface area contributed by atoms with Crippen molar-refractivity contribution in [2.75, 3.05) is 0 Å². The Kier molecular flexibility index (Phi) is 8.62. The fourth-order valence-corrected chi connectivity index (χ4v) is 10.4. The maximum Gasteiger partial charge on any atom is 0.334 e. The van der Waals surface area contributed by atoms with Gasteiger partial charge in [-0.25, -0.2) is 4.79 Å². The Morgan fingerprint density at radius 1 is 1.04 bits per heavy atom. The molecule has 0 amide bonds. The van der Waals surface area contributed by atoms with E-state index in [1.165, 1.54) is 6.92 Å². The molecule has 1 aromatic rings. The number of allylic oxidation sites excluding steroid dienone is 1. The van der Waals surface area contributed by atoms with E-state index in [9.17, 15) is 39.9 Å². The molecule has 0 radical (unpaired) electrons. The summed E-state index contributed by atoms with van der Waals surface area (Å²) in [5.41, 5.74) is -1.54. The number of aliphatic hydroxyl groups is 4. The second-order valence-corrected chi connectivity index (χ2v) is 15.7. The SMILES string of the molecule is CC(C(=O)O)=C(O)C(O)CC(C)C1CC(O)C2(C)C3=C(C(=O)CC12C)C1(C)CCC(=O)C(C)(C)C1C(C=Cc1ccccc1)C3O. The van der Waals surface area contributed by atoms with Crippen LogP contribution in [0.25, 0.3) is 6.08 Å². The van der Waals surface area contributed by atoms with Crippen molar-refractivity contribution >= 4 is 23.6 Å². The Morgan fingerprint density at radius 2 is 1.67 bits per heavy atom. The van der Waals surface area contributed by atoms with Gasteiger partial charge in [-0.2, -0.15) is 0 Å². The Bertz CT molecular complexity index is 1520. The maximum absolute atomic E-state index is 14.6. The van der Waals surface area contributed by atoms with Crippen molar-refractivity contribution in [2.24, 2.45) is 45.3 Å². The minimum absolute atomic E-state index is 0.0423. The average Bonchev–Trinajstić information content (AvgIpc) is 3.20. The lowest BCUT2D eigenvalue weighted by Gasteiger charge is -2.63. The summed E-state index contributed by atoms with van der Waals surface area (Å²) in [6.45, 7) is 13.0. The number of ketones is 2. The van der Waals surface area contributed by atoms with Gasteiger partial charge in [0.15, 0.2) is 5.78 Å². The van der Waals surface area contributed by atoms with Gasteiger partial charge in [-0.3, -0.25) is 9.59 Å². The molecule has 0 aliphatic heterocycles. The van der Waals surface area contributed by atoms with Gasteiger partial charge in [0.2, 0.25) is 0 Å². The zero-order chi connectivity index (χ0) is 34.1. The molecule has 0 spiro atoms. The first-order valence-corrected chi connectivity index (χ1v) is 16.6. The first-order chi connectivity index (χ1) is 21.3. The van der Waals surface area contributed by atoms with Crippen LogP contribution in [-0.4, -0.2) is 61.4 Å². The van der Waals surface area contributed by atoms with Gasteiger partial charge in [0, 0.05) is 40.6 Å². The summed E-state index contributed by atoms with van der Waals surface area (Å²) in [4.78, 5) is 39.4. The van der Waals surface area contributed by atoms with Crippen LogP contribution >= 0.6 is 0 Å². The fraction of sp³-hybridized carbons (Fsp3) is 0.605. The maximum atomic E-state index is 14.6. The molecular formula is C38H50O8. The van der Waals surface area contributed by atoms with Crippen LogP contribution in [0.3, 0.4) is 0 Å². The third kappa shape index (κ3) is 4.86. The van der Waals surface area contributed by atoms with Gasteiger partial charge in [-0.1, -0.05) is 84.0 Å². The lowest BCUT2D eigenvalue weighted by atomic mass is 9.40. The fourth-order valence-electron chi connectivity index (χ4n) is 10.4. The van der Waals surface area contributed by atoms with E-state index in [0.717, 1.165) is 5.56 Å². The van der Waals surface area contributed by atoms with Crippen LogP contribution in [0.2, 0.25) is 0 Å². The number of carbonyl (C=O) groups excluding carboxylic acids is 2. The van der Waals surface area contributed by atoms with E-state index in [0.29, 0.717) is 30.4 Å². The number of benzene rings is 1. The van der Waals surface area contributed by atoms with E-state index in [2.05, 4.69) is 6.92 Å². The van der Waals surface area contributed by atoms with Crippen LogP contribution in [-0.2, 0) is 14.4 Å². The van der Waals surface area contributed by atoms with Gasteiger partial charge in [0.1, 0.15) is 17.6 Å². The van der Waals surface area contributed by atoms with Crippen LogP contribution < -0.4 is 0 Å². The number of rotatable bonds is 7. The summed E-state index contributed by atoms with van der Waals surface area (Å²) in [5.74, 6) is -3.30. The number of hydrogen-bond donors (Lipinski definition) is 5. The molecule has 5 N–H and O–H groups in total. The molecule has 10 atom stereocenters. The second-order valence-electron chi connectivity index (χ2n) is 15.7. The van der Waals surface area contributed by atoms with Crippen molar-refractivity contribution in [1.82, 2.24) is 0 Å². The molecule has 2 saturated carbocycles. The van der Waals surface area contributed by atoms with Crippen molar-refractivity contribution in [3.8, 4) is 0 Å². The number of carbonyl (C=O) groups is 3. The number of fused-ring (bicyclic) bond motifs is 4. The highest BCUT2D eigenvalue weighted by atomic mass is 16.4. The third-order valence-electron chi connectivity index (χ3n) is 13.1. The smallest absolute Gasteiger partial charge is 0.334 e. The van der Waals surface area contributed by atoms with E-state index in [1.807, 2.05) is 77.1 Å². The van der Waals surface area contributed by atoms with Crippen LogP contribution in [0.1, 0.15) is 86.1 Å². The van der Waals surface area contributed by atoms with E-state index in [4.69, 9.17) is 0 Å². The van der Waals surface area contributed by atoms with E-state index in [-0.39, 0.29) is 47.7 Å². The number of aliphatic hydroxyl groups excluding tert-OH is 4. The normalized spacial score (nSPS) is 39.0. The molecule has 0 heterocycles. The first kappa shape index (κ1) is 34.3. The minimum Gasteiger partial charge on any atom is -0.509 e. The van der Waals surface area contributed by atoms with E-state index < -0.39 is 57.6 Å². The largest absolute Gasteiger partial charge is 0.509 e. The van der Waals surface area contributed by atoms with Crippen molar-refractivity contribution in [3.63, 3.8) is 0 Å². The quantitative estimate of drug-likeness (QED) is 0.190. The standard InChI is InChI=1S/C38H50O8/c1-20(17-25(39)31(43)21(2)34(45)46)24-18-28(42)38(7)30-29(26(40)19-37(24,38)6)36(5)16-15-27(41)35(3,4)33(36)23(32(30)44)14-13-22-11-9-8-10-12-22/h8-14,20,23-25,28,32-33,39,42-44H,15-19H2,1-7H3,(H,45,46). The van der Waals surface area contributed by atoms with Gasteiger partial charge in [0.25, 0.3) is 0 Å². The summed E-state index contributed by atoms with van der Waals surface area (Å²) in [7, 11) is 0. The van der Waals surface area contributed by atoms with Crippen molar-refractivity contribution < 1.29 is 39.9 Å². The molecule has 250 valence electrons. The molecule has 4 aliphatic rings. The highest BCUT2D eigenvalue weighted by Gasteiger charge is 2.71. The summed E-state index contributed by atoms with van der Waals surface area (Å²) in [6.07, 6.45) is 1.82. The molecule has 0 aromatic heterocycles. The van der Waals surface area contributed by atoms with Gasteiger partial charge < -0.3 is 25.5 Å². The highest BCUT2D eigenvalue weighted by molar-refractivity contribution is 6.01. The van der Waals surface area contributed by atoms with Crippen molar-refractivity contribution in [2.45, 2.75) is 98.9 Å². The number of carboxylic acids is 1. The molecular weight excluding hydrogens is 584 g/mol. The summed E-state index contributed by atoms with van der Waals surface area (Å²) in [6, 6.07) is 9.76. The molecule has 4 aliphatic carbocycles. The van der Waals surface area contributed by atoms with Crippen LogP contribution in [0.4, 0.5) is 0 Å².